The van der Waals surface area contributed by atoms with E-state index in [0.717, 1.165) is 0 Å². The van der Waals surface area contributed by atoms with Gasteiger partial charge in [-0.3, -0.25) is 0 Å². The van der Waals surface area contributed by atoms with Crippen molar-refractivity contribution in [3.63, 3.8) is 0 Å². The average molecular weight is 540 g/mol. The third kappa shape index (κ3) is 4.18. The molecule has 5 nitrogen and oxygen atoms in total. The highest BCUT2D eigenvalue weighted by Gasteiger charge is 2.51. The van der Waals surface area contributed by atoms with Crippen molar-refractivity contribution in [3.05, 3.63) is 24.8 Å². The minimum atomic E-state index is -4.20. The molecule has 0 aliphatic rings. The van der Waals surface area contributed by atoms with Crippen LogP contribution in [0.25, 0.3) is 0 Å². The van der Waals surface area contributed by atoms with Gasteiger partial charge < -0.3 is 14.9 Å². The summed E-state index contributed by atoms with van der Waals surface area (Å²) in [5.74, 6) is -8.59. The quantitative estimate of drug-likeness (QED) is 0.442. The maximum Gasteiger partial charge on any atom is 0.378 e. The van der Waals surface area contributed by atoms with E-state index < -0.39 is 29.9 Å². The zero-order chi connectivity index (χ0) is 17.2. The van der Waals surface area contributed by atoms with E-state index in [9.17, 15) is 23.5 Å². The number of benzene rings is 1. The van der Waals surface area contributed by atoms with Crippen LogP contribution in [0.5, 0.6) is 5.75 Å². The monoisotopic (exact) mass is 540 g/mol. The zero-order valence-electron chi connectivity index (χ0n) is 11.4. The Hall–Kier alpha value is -0.720. The summed E-state index contributed by atoms with van der Waals surface area (Å²) < 4.78 is 32.8. The second-order valence-electron chi connectivity index (χ2n) is 4.78. The molecule has 0 radical (unpaired) electrons. The van der Waals surface area contributed by atoms with Crippen LogP contribution < -0.4 is 0 Å². The number of alkyl halides is 2. The number of carbonyl (C=O) groups excluding carboxylic acids is 1. The van der Waals surface area contributed by atoms with Crippen LogP contribution in [0.3, 0.4) is 0 Å². The van der Waals surface area contributed by atoms with Gasteiger partial charge in [-0.25, -0.2) is 9.59 Å². The van der Waals surface area contributed by atoms with E-state index in [1.165, 1.54) is 26.0 Å². The van der Waals surface area contributed by atoms with Crippen molar-refractivity contribution in [2.45, 2.75) is 25.9 Å². The van der Waals surface area contributed by atoms with Crippen molar-refractivity contribution in [1.29, 1.82) is 0 Å². The molecule has 0 aliphatic heterocycles. The first-order chi connectivity index (χ1) is 9.98. The maximum absolute atomic E-state index is 13.7. The first kappa shape index (κ1) is 19.3. The number of aliphatic carboxylic acids is 1. The topological polar surface area (TPSA) is 83.8 Å². The molecule has 2 N–H and O–H groups in total. The molecule has 0 fully saturated rings. The summed E-state index contributed by atoms with van der Waals surface area (Å²) in [5.41, 5.74) is 0.00541. The zero-order valence-corrected chi connectivity index (χ0v) is 15.8. The summed E-state index contributed by atoms with van der Waals surface area (Å²) in [6.07, 6.45) is -2.10. The predicted molar refractivity (Wildman–Crippen MR) is 90.2 cm³/mol. The molecule has 1 aromatic carbocycles. The smallest absolute Gasteiger partial charge is 0.378 e. The van der Waals surface area contributed by atoms with E-state index in [4.69, 9.17) is 9.84 Å². The largest absolute Gasteiger partial charge is 0.508 e. The van der Waals surface area contributed by atoms with Gasteiger partial charge in [0.1, 0.15) is 5.75 Å². The number of carbonyl (C=O) groups is 2. The Morgan fingerprint density at radius 1 is 1.23 bits per heavy atom. The van der Waals surface area contributed by atoms with Crippen LogP contribution in [0, 0.1) is 13.1 Å². The Morgan fingerprint density at radius 2 is 1.68 bits per heavy atom. The molecular weight excluding hydrogens is 528 g/mol. The number of carboxylic acid groups (broad SMARTS) is 1. The van der Waals surface area contributed by atoms with Gasteiger partial charge in [0, 0.05) is 7.14 Å². The SMILES string of the molecule is CC(C)C(OC(=O)c1c(I)cc(O)cc1I)C(F)(F)C(=O)O. The minimum Gasteiger partial charge on any atom is -0.508 e. The van der Waals surface area contributed by atoms with Crippen LogP contribution in [-0.4, -0.2) is 34.2 Å². The maximum atomic E-state index is 13.7. The van der Waals surface area contributed by atoms with Crippen LogP contribution in [0.4, 0.5) is 8.78 Å². The average Bonchev–Trinajstić information content (AvgIpc) is 2.33. The van der Waals surface area contributed by atoms with Gasteiger partial charge in [0.15, 0.2) is 6.10 Å². The standard InChI is InChI=1S/C13H12F2I2O5/c1-5(2)10(13(14,15)12(20)21)22-11(19)9-7(16)3-6(18)4-8(9)17/h3-5,10,18H,1-2H3,(H,20,21). The van der Waals surface area contributed by atoms with Gasteiger partial charge in [-0.05, 0) is 63.2 Å². The highest BCUT2D eigenvalue weighted by molar-refractivity contribution is 14.1. The highest BCUT2D eigenvalue weighted by atomic mass is 127. The number of aromatic hydroxyl groups is 1. The molecule has 0 bridgehead atoms. The molecule has 0 saturated heterocycles. The van der Waals surface area contributed by atoms with Gasteiger partial charge in [-0.2, -0.15) is 8.78 Å². The Kier molecular flexibility index (Phi) is 6.36. The molecule has 1 rings (SSSR count). The van der Waals surface area contributed by atoms with Crippen LogP contribution in [0.1, 0.15) is 24.2 Å². The van der Waals surface area contributed by atoms with Crippen LogP contribution >= 0.6 is 45.2 Å². The van der Waals surface area contributed by atoms with Gasteiger partial charge in [0.05, 0.1) is 5.56 Å². The number of halogens is 4. The van der Waals surface area contributed by atoms with Gasteiger partial charge in [0.25, 0.3) is 0 Å². The molecule has 0 aliphatic carbocycles. The Bertz CT molecular complexity index is 581. The second-order valence-corrected chi connectivity index (χ2v) is 7.11. The molecular formula is C13H12F2I2O5. The van der Waals surface area contributed by atoms with E-state index in [1.807, 2.05) is 0 Å². The third-order valence-corrected chi connectivity index (χ3v) is 4.41. The second kappa shape index (κ2) is 7.23. The van der Waals surface area contributed by atoms with Crippen molar-refractivity contribution < 1.29 is 33.3 Å². The van der Waals surface area contributed by atoms with Gasteiger partial charge in [-0.15, -0.1) is 0 Å². The van der Waals surface area contributed by atoms with Crippen molar-refractivity contribution in [1.82, 2.24) is 0 Å². The lowest BCUT2D eigenvalue weighted by molar-refractivity contribution is -0.187. The summed E-state index contributed by atoms with van der Waals surface area (Å²) in [7, 11) is 0. The highest BCUT2D eigenvalue weighted by Crippen LogP contribution is 2.31. The summed E-state index contributed by atoms with van der Waals surface area (Å²) in [4.78, 5) is 22.8. The van der Waals surface area contributed by atoms with Crippen molar-refractivity contribution in [2.75, 3.05) is 0 Å². The molecule has 1 aromatic rings. The number of carboxylic acids is 1. The first-order valence-electron chi connectivity index (χ1n) is 5.98. The molecule has 1 atom stereocenters. The molecule has 0 heterocycles. The Balaban J connectivity index is 3.16. The van der Waals surface area contributed by atoms with Gasteiger partial charge in [0.2, 0.25) is 0 Å². The van der Waals surface area contributed by atoms with E-state index in [2.05, 4.69) is 0 Å². The number of hydrogen-bond acceptors (Lipinski definition) is 4. The summed E-state index contributed by atoms with van der Waals surface area (Å²) in [6.45, 7) is 2.67. The molecule has 0 spiro atoms. The molecule has 0 saturated carbocycles. The number of phenolic OH excluding ortho intramolecular Hbond substituents is 1. The van der Waals surface area contributed by atoms with Gasteiger partial charge >= 0.3 is 17.9 Å². The van der Waals surface area contributed by atoms with E-state index >= 15 is 0 Å². The summed E-state index contributed by atoms with van der Waals surface area (Å²) in [5, 5.41) is 18.0. The Labute approximate surface area is 152 Å². The number of rotatable bonds is 5. The minimum absolute atomic E-state index is 0.00541. The lowest BCUT2D eigenvalue weighted by Gasteiger charge is -2.26. The Morgan fingerprint density at radius 3 is 2.05 bits per heavy atom. The molecule has 0 amide bonds. The van der Waals surface area contributed by atoms with Crippen molar-refractivity contribution in [3.8, 4) is 5.75 Å². The molecule has 0 aromatic heterocycles. The molecule has 122 valence electrons. The summed E-state index contributed by atoms with van der Waals surface area (Å²) in [6, 6.07) is 2.55. The van der Waals surface area contributed by atoms with E-state index in [1.54, 1.807) is 45.2 Å². The van der Waals surface area contributed by atoms with Gasteiger partial charge in [-0.1, -0.05) is 13.8 Å². The molecule has 22 heavy (non-hydrogen) atoms. The predicted octanol–water partition coefficient (Wildman–Crippen LogP) is 3.50. The number of ether oxygens (including phenoxy) is 1. The van der Waals surface area contributed by atoms with Crippen LogP contribution in [0.2, 0.25) is 0 Å². The van der Waals surface area contributed by atoms with Crippen LogP contribution in [0.15, 0.2) is 12.1 Å². The number of phenols is 1. The lowest BCUT2D eigenvalue weighted by atomic mass is 10.0. The van der Waals surface area contributed by atoms with E-state index in [-0.39, 0.29) is 11.3 Å². The lowest BCUT2D eigenvalue weighted by Crippen LogP contribution is -2.47. The van der Waals surface area contributed by atoms with Crippen molar-refractivity contribution in [2.24, 2.45) is 5.92 Å². The molecule has 9 heteroatoms. The fourth-order valence-electron chi connectivity index (χ4n) is 1.68. The van der Waals surface area contributed by atoms with Crippen molar-refractivity contribution >= 4 is 57.1 Å². The fraction of sp³-hybridized carbons (Fsp3) is 0.385. The third-order valence-electron chi connectivity index (χ3n) is 2.71. The van der Waals surface area contributed by atoms with Crippen LogP contribution in [-0.2, 0) is 9.53 Å². The van der Waals surface area contributed by atoms with E-state index in [0.29, 0.717) is 7.14 Å². The normalized spacial score (nSPS) is 13.0. The number of esters is 1. The molecule has 1 unspecified atom stereocenters. The summed E-state index contributed by atoms with van der Waals surface area (Å²) >= 11 is 3.51. The first-order valence-corrected chi connectivity index (χ1v) is 8.14. The number of hydrogen-bond donors (Lipinski definition) is 2. The fourth-order valence-corrected chi connectivity index (χ4v) is 3.86.